The lowest BCUT2D eigenvalue weighted by atomic mass is 10.0. The van der Waals surface area contributed by atoms with Gasteiger partial charge in [-0.3, -0.25) is 0 Å². The molecule has 2 aromatic rings. The molecule has 0 unspecified atom stereocenters. The molecule has 2 rings (SSSR count). The molecule has 0 radical (unpaired) electrons. The molecule has 148 valence electrons. The van der Waals surface area contributed by atoms with Crippen LogP contribution in [0.15, 0.2) is 36.4 Å². The first kappa shape index (κ1) is 21.2. The van der Waals surface area contributed by atoms with E-state index in [1.165, 1.54) is 24.3 Å². The summed E-state index contributed by atoms with van der Waals surface area (Å²) >= 11 is 0. The Balaban J connectivity index is 2.02. The lowest BCUT2D eigenvalue weighted by Crippen LogP contribution is -2.34. The lowest BCUT2D eigenvalue weighted by molar-refractivity contribution is 0.0520. The van der Waals surface area contributed by atoms with E-state index >= 15 is 0 Å². The Morgan fingerprint density at radius 1 is 1.14 bits per heavy atom. The number of carbonyl (C=O) groups excluding carboxylic acids is 1. The first-order valence-electron chi connectivity index (χ1n) is 8.74. The molecule has 0 saturated heterocycles. The third kappa shape index (κ3) is 6.88. The van der Waals surface area contributed by atoms with Crippen LogP contribution < -0.4 is 10.1 Å². The molecular formula is C21H22F2N2O3. The van der Waals surface area contributed by atoms with Gasteiger partial charge in [0.25, 0.3) is 0 Å². The number of rotatable bonds is 6. The summed E-state index contributed by atoms with van der Waals surface area (Å²) in [6.45, 7) is 5.63. The fraction of sp³-hybridized carbons (Fsp3) is 0.333. The molecule has 1 N–H and O–H groups in total. The molecule has 0 aliphatic rings. The average Bonchev–Trinajstić information content (AvgIpc) is 2.58. The summed E-state index contributed by atoms with van der Waals surface area (Å²) in [6, 6.07) is 9.89. The van der Waals surface area contributed by atoms with Crippen LogP contribution in [0.5, 0.6) is 5.75 Å². The Bertz CT molecular complexity index is 886. The highest BCUT2D eigenvalue weighted by Crippen LogP contribution is 2.24. The predicted molar refractivity (Wildman–Crippen MR) is 100 cm³/mol. The number of benzene rings is 2. The minimum absolute atomic E-state index is 0.143. The van der Waals surface area contributed by atoms with E-state index in [9.17, 15) is 13.6 Å². The third-order valence-electron chi connectivity index (χ3n) is 3.53. The van der Waals surface area contributed by atoms with Crippen LogP contribution in [0.2, 0.25) is 0 Å². The zero-order valence-corrected chi connectivity index (χ0v) is 16.0. The van der Waals surface area contributed by atoms with E-state index in [-0.39, 0.29) is 25.1 Å². The van der Waals surface area contributed by atoms with Crippen LogP contribution in [-0.2, 0) is 11.2 Å². The summed E-state index contributed by atoms with van der Waals surface area (Å²) in [6.07, 6.45) is -0.363. The predicted octanol–water partition coefficient (Wildman–Crippen LogP) is 4.33. The van der Waals surface area contributed by atoms with E-state index in [0.717, 1.165) is 6.07 Å². The molecule has 28 heavy (non-hydrogen) atoms. The van der Waals surface area contributed by atoms with Crippen molar-refractivity contribution >= 4 is 6.09 Å². The van der Waals surface area contributed by atoms with E-state index in [2.05, 4.69) is 5.32 Å². The van der Waals surface area contributed by atoms with Crippen molar-refractivity contribution in [3.63, 3.8) is 0 Å². The van der Waals surface area contributed by atoms with E-state index in [1.54, 1.807) is 26.8 Å². The molecule has 0 heterocycles. The van der Waals surface area contributed by atoms with Gasteiger partial charge in [-0.2, -0.15) is 5.26 Å². The van der Waals surface area contributed by atoms with E-state index < -0.39 is 23.3 Å². The SMILES string of the molecule is CC(C)(C)OC(=O)NCCOc1ccc(F)cc1Cc1cc(F)cc(C#N)c1. The standard InChI is InChI=1S/C21H22F2N2O3/c1-21(2,3)28-20(26)25-6-7-27-19-5-4-17(22)12-16(19)9-14-8-15(13-24)11-18(23)10-14/h4-5,8,10-12H,6-7,9H2,1-3H3,(H,25,26). The molecule has 0 spiro atoms. The van der Waals surface area contributed by atoms with Crippen LogP contribution in [0.25, 0.3) is 0 Å². The van der Waals surface area contributed by atoms with Gasteiger partial charge in [0.15, 0.2) is 0 Å². The molecular weight excluding hydrogens is 366 g/mol. The van der Waals surface area contributed by atoms with E-state index in [4.69, 9.17) is 14.7 Å². The largest absolute Gasteiger partial charge is 0.491 e. The summed E-state index contributed by atoms with van der Waals surface area (Å²) < 4.78 is 38.1. The molecule has 5 nitrogen and oxygen atoms in total. The van der Waals surface area contributed by atoms with Crippen molar-refractivity contribution in [2.75, 3.05) is 13.2 Å². The molecule has 0 saturated carbocycles. The fourth-order valence-corrected chi connectivity index (χ4v) is 2.49. The number of amides is 1. The summed E-state index contributed by atoms with van der Waals surface area (Å²) in [5.41, 5.74) is 0.628. The number of ether oxygens (including phenoxy) is 2. The van der Waals surface area contributed by atoms with Crippen LogP contribution in [0, 0.1) is 23.0 Å². The van der Waals surface area contributed by atoms with Crippen molar-refractivity contribution in [3.05, 3.63) is 64.7 Å². The van der Waals surface area contributed by atoms with Gasteiger partial charge in [-0.25, -0.2) is 13.6 Å². The van der Waals surface area contributed by atoms with Crippen molar-refractivity contribution in [2.45, 2.75) is 32.8 Å². The highest BCUT2D eigenvalue weighted by Gasteiger charge is 2.15. The van der Waals surface area contributed by atoms with Crippen molar-refractivity contribution in [1.82, 2.24) is 5.32 Å². The lowest BCUT2D eigenvalue weighted by Gasteiger charge is -2.19. The highest BCUT2D eigenvalue weighted by molar-refractivity contribution is 5.67. The maximum absolute atomic E-state index is 13.7. The molecule has 2 aromatic carbocycles. The number of alkyl carbamates (subject to hydrolysis) is 1. The van der Waals surface area contributed by atoms with Crippen LogP contribution in [0.1, 0.15) is 37.5 Å². The van der Waals surface area contributed by atoms with Gasteiger partial charge in [-0.15, -0.1) is 0 Å². The minimum Gasteiger partial charge on any atom is -0.491 e. The molecule has 0 atom stereocenters. The number of nitrogens with one attached hydrogen (secondary N) is 1. The molecule has 7 heteroatoms. The van der Waals surface area contributed by atoms with E-state index in [0.29, 0.717) is 16.9 Å². The summed E-state index contributed by atoms with van der Waals surface area (Å²) in [5, 5.41) is 11.5. The second-order valence-corrected chi connectivity index (χ2v) is 7.17. The third-order valence-corrected chi connectivity index (χ3v) is 3.53. The average molecular weight is 388 g/mol. The Labute approximate surface area is 162 Å². The van der Waals surface area contributed by atoms with Crippen LogP contribution >= 0.6 is 0 Å². The zero-order valence-electron chi connectivity index (χ0n) is 16.0. The van der Waals surface area contributed by atoms with Crippen LogP contribution in [0.4, 0.5) is 13.6 Å². The maximum Gasteiger partial charge on any atom is 0.407 e. The Hall–Kier alpha value is -3.14. The van der Waals surface area contributed by atoms with E-state index in [1.807, 2.05) is 6.07 Å². The smallest absolute Gasteiger partial charge is 0.407 e. The topological polar surface area (TPSA) is 71.3 Å². The number of carbonyl (C=O) groups is 1. The van der Waals surface area contributed by atoms with Gasteiger partial charge in [0.1, 0.15) is 29.6 Å². The number of hydrogen-bond donors (Lipinski definition) is 1. The van der Waals surface area contributed by atoms with Crippen LogP contribution in [0.3, 0.4) is 0 Å². The normalized spacial score (nSPS) is 10.9. The number of halogens is 2. The van der Waals surface area contributed by atoms with Gasteiger partial charge in [-0.05, 0) is 62.7 Å². The first-order valence-corrected chi connectivity index (χ1v) is 8.74. The molecule has 0 fully saturated rings. The van der Waals surface area contributed by atoms with Gasteiger partial charge < -0.3 is 14.8 Å². The van der Waals surface area contributed by atoms with Gasteiger partial charge >= 0.3 is 6.09 Å². The monoisotopic (exact) mass is 388 g/mol. The second kappa shape index (κ2) is 9.18. The molecule has 0 aromatic heterocycles. The number of nitriles is 1. The van der Waals surface area contributed by atoms with Crippen LogP contribution in [-0.4, -0.2) is 24.8 Å². The zero-order chi connectivity index (χ0) is 20.7. The Morgan fingerprint density at radius 2 is 1.89 bits per heavy atom. The molecule has 0 aliphatic carbocycles. The summed E-state index contributed by atoms with van der Waals surface area (Å²) in [7, 11) is 0. The van der Waals surface area contributed by atoms with Gasteiger partial charge in [-0.1, -0.05) is 0 Å². The fourth-order valence-electron chi connectivity index (χ4n) is 2.49. The van der Waals surface area contributed by atoms with Gasteiger partial charge in [0.2, 0.25) is 0 Å². The highest BCUT2D eigenvalue weighted by atomic mass is 19.1. The summed E-state index contributed by atoms with van der Waals surface area (Å²) in [4.78, 5) is 11.6. The Kier molecular flexibility index (Phi) is 6.94. The summed E-state index contributed by atoms with van der Waals surface area (Å²) in [5.74, 6) is -0.573. The van der Waals surface area contributed by atoms with Crippen molar-refractivity contribution in [3.8, 4) is 11.8 Å². The maximum atomic E-state index is 13.7. The van der Waals surface area contributed by atoms with Crippen molar-refractivity contribution in [2.24, 2.45) is 0 Å². The van der Waals surface area contributed by atoms with Gasteiger partial charge in [0.05, 0.1) is 18.2 Å². The Morgan fingerprint density at radius 3 is 2.57 bits per heavy atom. The molecule has 0 bridgehead atoms. The molecule has 1 amide bonds. The molecule has 0 aliphatic heterocycles. The quantitative estimate of drug-likeness (QED) is 0.748. The number of nitrogens with zero attached hydrogens (tertiary/aromatic N) is 1. The first-order chi connectivity index (χ1) is 13.2. The number of hydrogen-bond acceptors (Lipinski definition) is 4. The minimum atomic E-state index is -0.595. The van der Waals surface area contributed by atoms with Gasteiger partial charge in [0, 0.05) is 12.0 Å². The van der Waals surface area contributed by atoms with Crippen molar-refractivity contribution in [1.29, 1.82) is 5.26 Å². The van der Waals surface area contributed by atoms with Crippen molar-refractivity contribution < 1.29 is 23.0 Å². The second-order valence-electron chi connectivity index (χ2n) is 7.17.